The van der Waals surface area contributed by atoms with Crippen LogP contribution in [0.2, 0.25) is 0 Å². The maximum Gasteiger partial charge on any atom is 0.146 e. The summed E-state index contributed by atoms with van der Waals surface area (Å²) in [6.45, 7) is 1.54. The Kier molecular flexibility index (Phi) is 2.99. The van der Waals surface area contributed by atoms with Gasteiger partial charge in [-0.25, -0.2) is 0 Å². The minimum atomic E-state index is 0.365. The highest BCUT2D eigenvalue weighted by molar-refractivity contribution is 5.68. The van der Waals surface area contributed by atoms with Gasteiger partial charge in [-0.3, -0.25) is 0 Å². The molecule has 1 aliphatic heterocycles. The zero-order chi connectivity index (χ0) is 11.5. The molecule has 16 heavy (non-hydrogen) atoms. The monoisotopic (exact) mass is 221 g/mol. The lowest BCUT2D eigenvalue weighted by Gasteiger charge is -2.28. The van der Waals surface area contributed by atoms with Gasteiger partial charge in [-0.05, 0) is 6.07 Å². The number of nitrogens with zero attached hydrogens (tertiary/aromatic N) is 1. The van der Waals surface area contributed by atoms with Crippen molar-refractivity contribution in [2.45, 2.75) is 6.42 Å². The Morgan fingerprint density at radius 1 is 1.56 bits per heavy atom. The lowest BCUT2D eigenvalue weighted by atomic mass is 10.1. The van der Waals surface area contributed by atoms with E-state index in [-0.39, 0.29) is 0 Å². The summed E-state index contributed by atoms with van der Waals surface area (Å²) in [6.07, 6.45) is 1.25. The van der Waals surface area contributed by atoms with Crippen molar-refractivity contribution in [3.8, 4) is 11.5 Å². The third-order valence-electron chi connectivity index (χ3n) is 2.76. The molecule has 1 heterocycles. The molecule has 0 saturated carbocycles. The third kappa shape index (κ3) is 1.83. The first-order valence-corrected chi connectivity index (χ1v) is 5.24. The number of carbonyl (C=O) groups is 1. The van der Waals surface area contributed by atoms with Gasteiger partial charge in [0.2, 0.25) is 0 Å². The van der Waals surface area contributed by atoms with Crippen molar-refractivity contribution < 1.29 is 14.3 Å². The molecule has 0 aliphatic carbocycles. The number of anilines is 1. The molecule has 86 valence electrons. The van der Waals surface area contributed by atoms with Crippen LogP contribution in [0.4, 0.5) is 5.69 Å². The fourth-order valence-corrected chi connectivity index (χ4v) is 1.86. The number of aldehydes is 1. The highest BCUT2D eigenvalue weighted by atomic mass is 16.5. The Morgan fingerprint density at radius 3 is 3.06 bits per heavy atom. The number of rotatable bonds is 3. The van der Waals surface area contributed by atoms with Gasteiger partial charge in [-0.1, -0.05) is 0 Å². The van der Waals surface area contributed by atoms with E-state index < -0.39 is 0 Å². The van der Waals surface area contributed by atoms with Gasteiger partial charge in [0.15, 0.2) is 0 Å². The summed E-state index contributed by atoms with van der Waals surface area (Å²) in [5.74, 6) is 1.53. The smallest absolute Gasteiger partial charge is 0.146 e. The van der Waals surface area contributed by atoms with E-state index in [2.05, 4.69) is 4.90 Å². The Labute approximate surface area is 94.8 Å². The second-order valence-electron chi connectivity index (χ2n) is 3.77. The molecule has 4 nitrogen and oxygen atoms in total. The number of carbonyl (C=O) groups excluding carboxylic acids is 1. The van der Waals surface area contributed by atoms with Crippen LogP contribution in [0.1, 0.15) is 5.56 Å². The maximum atomic E-state index is 10.6. The van der Waals surface area contributed by atoms with Gasteiger partial charge in [0.1, 0.15) is 24.4 Å². The average molecular weight is 221 g/mol. The van der Waals surface area contributed by atoms with Crippen molar-refractivity contribution in [3.63, 3.8) is 0 Å². The van der Waals surface area contributed by atoms with E-state index in [1.54, 1.807) is 7.11 Å². The standard InChI is InChI=1S/C12H15NO3/c1-13-4-6-16-12-8-11(15-2)9(3-5-14)7-10(12)13/h5,7-8H,3-4,6H2,1-2H3. The van der Waals surface area contributed by atoms with E-state index in [1.165, 1.54) is 0 Å². The maximum absolute atomic E-state index is 10.6. The van der Waals surface area contributed by atoms with Crippen LogP contribution in [0.3, 0.4) is 0 Å². The van der Waals surface area contributed by atoms with E-state index in [0.29, 0.717) is 18.8 Å². The van der Waals surface area contributed by atoms with Crippen LogP contribution in [0.5, 0.6) is 11.5 Å². The zero-order valence-electron chi connectivity index (χ0n) is 9.53. The quantitative estimate of drug-likeness (QED) is 0.720. The molecule has 0 bridgehead atoms. The second-order valence-corrected chi connectivity index (χ2v) is 3.77. The van der Waals surface area contributed by atoms with Crippen molar-refractivity contribution in [1.29, 1.82) is 0 Å². The third-order valence-corrected chi connectivity index (χ3v) is 2.76. The highest BCUT2D eigenvalue weighted by Gasteiger charge is 2.18. The molecule has 0 spiro atoms. The zero-order valence-corrected chi connectivity index (χ0v) is 9.53. The van der Waals surface area contributed by atoms with Crippen LogP contribution in [0.15, 0.2) is 12.1 Å². The Bertz CT molecular complexity index is 403. The lowest BCUT2D eigenvalue weighted by molar-refractivity contribution is -0.107. The van der Waals surface area contributed by atoms with Gasteiger partial charge in [0.25, 0.3) is 0 Å². The van der Waals surface area contributed by atoms with Crippen molar-refractivity contribution in [3.05, 3.63) is 17.7 Å². The largest absolute Gasteiger partial charge is 0.496 e. The highest BCUT2D eigenvalue weighted by Crippen LogP contribution is 2.36. The number of ether oxygens (including phenoxy) is 2. The second kappa shape index (κ2) is 4.43. The number of benzene rings is 1. The van der Waals surface area contributed by atoms with Gasteiger partial charge >= 0.3 is 0 Å². The van der Waals surface area contributed by atoms with Gasteiger partial charge in [0.05, 0.1) is 19.3 Å². The molecule has 0 N–H and O–H groups in total. The van der Waals surface area contributed by atoms with Crippen LogP contribution in [-0.2, 0) is 11.2 Å². The number of hydrogen-bond acceptors (Lipinski definition) is 4. The molecule has 0 unspecified atom stereocenters. The summed E-state index contributed by atoms with van der Waals surface area (Å²) in [7, 11) is 3.61. The first-order chi connectivity index (χ1) is 7.76. The van der Waals surface area contributed by atoms with Gasteiger partial charge in [0, 0.05) is 25.1 Å². The Hall–Kier alpha value is -1.71. The molecule has 4 heteroatoms. The molecule has 1 aliphatic rings. The van der Waals surface area contributed by atoms with Crippen LogP contribution >= 0.6 is 0 Å². The van der Waals surface area contributed by atoms with Crippen LogP contribution < -0.4 is 14.4 Å². The number of likely N-dealkylation sites (N-methyl/N-ethyl adjacent to an activating group) is 1. The van der Waals surface area contributed by atoms with Crippen LogP contribution in [0, 0.1) is 0 Å². The van der Waals surface area contributed by atoms with Gasteiger partial charge in [-0.15, -0.1) is 0 Å². The normalized spacial score (nSPS) is 14.0. The minimum Gasteiger partial charge on any atom is -0.496 e. The van der Waals surface area contributed by atoms with Crippen molar-refractivity contribution in [2.75, 3.05) is 32.2 Å². The summed E-state index contributed by atoms with van der Waals surface area (Å²) >= 11 is 0. The molecule has 1 aromatic rings. The van der Waals surface area contributed by atoms with Crippen LogP contribution in [-0.4, -0.2) is 33.6 Å². The molecule has 0 amide bonds. The van der Waals surface area contributed by atoms with Crippen molar-refractivity contribution in [1.82, 2.24) is 0 Å². The van der Waals surface area contributed by atoms with Crippen molar-refractivity contribution in [2.24, 2.45) is 0 Å². The molecular formula is C12H15NO3. The van der Waals surface area contributed by atoms with Gasteiger partial charge < -0.3 is 19.2 Å². The van der Waals surface area contributed by atoms with E-state index in [1.807, 2.05) is 19.2 Å². The molecule has 2 rings (SSSR count). The lowest BCUT2D eigenvalue weighted by Crippen LogP contribution is -2.28. The Morgan fingerprint density at radius 2 is 2.38 bits per heavy atom. The van der Waals surface area contributed by atoms with Crippen LogP contribution in [0.25, 0.3) is 0 Å². The fourth-order valence-electron chi connectivity index (χ4n) is 1.86. The molecule has 1 aromatic carbocycles. The first-order valence-electron chi connectivity index (χ1n) is 5.24. The predicted octanol–water partition coefficient (Wildman–Crippen LogP) is 1.27. The topological polar surface area (TPSA) is 38.8 Å². The van der Waals surface area contributed by atoms with E-state index >= 15 is 0 Å². The molecular weight excluding hydrogens is 206 g/mol. The Balaban J connectivity index is 2.46. The molecule has 0 atom stereocenters. The molecule has 0 aromatic heterocycles. The summed E-state index contributed by atoms with van der Waals surface area (Å²) in [4.78, 5) is 12.7. The van der Waals surface area contributed by atoms with E-state index in [9.17, 15) is 4.79 Å². The fraction of sp³-hybridized carbons (Fsp3) is 0.417. The SMILES string of the molecule is COc1cc2c(cc1CC=O)N(C)CCO2. The number of fused-ring (bicyclic) bond motifs is 1. The summed E-state index contributed by atoms with van der Waals surface area (Å²) in [6, 6.07) is 3.81. The first kappa shape index (κ1) is 10.8. The van der Waals surface area contributed by atoms with Gasteiger partial charge in [-0.2, -0.15) is 0 Å². The van der Waals surface area contributed by atoms with Crippen molar-refractivity contribution >= 4 is 12.0 Å². The minimum absolute atomic E-state index is 0.365. The number of methoxy groups -OCH3 is 1. The molecule has 0 fully saturated rings. The summed E-state index contributed by atoms with van der Waals surface area (Å²) < 4.78 is 10.8. The average Bonchev–Trinajstić information content (AvgIpc) is 2.30. The van der Waals surface area contributed by atoms with E-state index in [0.717, 1.165) is 29.8 Å². The van der Waals surface area contributed by atoms with E-state index in [4.69, 9.17) is 9.47 Å². The summed E-state index contributed by atoms with van der Waals surface area (Å²) in [5, 5.41) is 0. The summed E-state index contributed by atoms with van der Waals surface area (Å²) in [5.41, 5.74) is 1.91. The molecule has 0 radical (unpaired) electrons. The number of hydrogen-bond donors (Lipinski definition) is 0. The predicted molar refractivity (Wildman–Crippen MR) is 61.5 cm³/mol. The molecule has 0 saturated heterocycles.